The van der Waals surface area contributed by atoms with Crippen molar-refractivity contribution in [3.05, 3.63) is 47.2 Å². The third kappa shape index (κ3) is 6.85. The molecule has 0 amide bonds. The molecule has 1 spiro atoms. The smallest absolute Gasteiger partial charge is 0.230 e. The standard InChI is InChI=1S/C31H38ClN3O5/c1-21(2)13-23(36)14-22-5-6-24(15-26(22)32)40-30-25-16-28(37-3)29(17-27(25)33-20-34-30)39-12-4-9-35-10-7-31(8-11-35)18-38-19-31/h5-6,15-17,20-21H,4,7-14,18-19H2,1-3H3. The fourth-order valence-electron chi connectivity index (χ4n) is 5.38. The SMILES string of the molecule is COc1cc2c(Oc3ccc(CC(=O)CC(C)C)c(Cl)c3)ncnc2cc1OCCCN1CCC2(CC1)COC2. The number of aromatic nitrogens is 2. The number of carbonyl (C=O) groups is 1. The number of likely N-dealkylation sites (tertiary alicyclic amines) is 1. The molecule has 2 saturated heterocycles. The summed E-state index contributed by atoms with van der Waals surface area (Å²) in [5.74, 6) is 2.63. The Morgan fingerprint density at radius 3 is 2.60 bits per heavy atom. The molecule has 3 aromatic rings. The number of hydrogen-bond acceptors (Lipinski definition) is 8. The largest absolute Gasteiger partial charge is 0.493 e. The monoisotopic (exact) mass is 567 g/mol. The highest BCUT2D eigenvalue weighted by molar-refractivity contribution is 6.31. The first-order valence-corrected chi connectivity index (χ1v) is 14.5. The van der Waals surface area contributed by atoms with E-state index in [1.165, 1.54) is 19.2 Å². The van der Waals surface area contributed by atoms with Gasteiger partial charge in [0.2, 0.25) is 5.88 Å². The molecule has 1 aromatic heterocycles. The van der Waals surface area contributed by atoms with Crippen LogP contribution in [0.2, 0.25) is 5.02 Å². The summed E-state index contributed by atoms with van der Waals surface area (Å²) in [6.45, 7) is 9.79. The minimum absolute atomic E-state index is 0.168. The molecule has 8 nitrogen and oxygen atoms in total. The van der Waals surface area contributed by atoms with Crippen LogP contribution < -0.4 is 14.2 Å². The molecular weight excluding hydrogens is 530 g/mol. The average molecular weight is 568 g/mol. The second-order valence-corrected chi connectivity index (χ2v) is 11.8. The van der Waals surface area contributed by atoms with Gasteiger partial charge in [0.25, 0.3) is 0 Å². The topological polar surface area (TPSA) is 83.0 Å². The Morgan fingerprint density at radius 1 is 1.12 bits per heavy atom. The molecule has 0 bridgehead atoms. The minimum Gasteiger partial charge on any atom is -0.493 e. The number of benzene rings is 2. The van der Waals surface area contributed by atoms with Gasteiger partial charge >= 0.3 is 0 Å². The molecule has 0 atom stereocenters. The quantitative estimate of drug-likeness (QED) is 0.242. The van der Waals surface area contributed by atoms with Gasteiger partial charge in [-0.2, -0.15) is 0 Å². The van der Waals surface area contributed by atoms with Gasteiger partial charge in [-0.1, -0.05) is 31.5 Å². The first-order valence-electron chi connectivity index (χ1n) is 14.1. The van der Waals surface area contributed by atoms with E-state index >= 15 is 0 Å². The van der Waals surface area contributed by atoms with Crippen molar-refractivity contribution >= 4 is 28.3 Å². The highest BCUT2D eigenvalue weighted by Crippen LogP contribution is 2.39. The van der Waals surface area contributed by atoms with Crippen LogP contribution in [0, 0.1) is 11.3 Å². The van der Waals surface area contributed by atoms with Crippen LogP contribution in [0.5, 0.6) is 23.1 Å². The molecule has 3 heterocycles. The first kappa shape index (κ1) is 28.6. The molecule has 0 aliphatic carbocycles. The third-order valence-corrected chi connectivity index (χ3v) is 8.11. The second-order valence-electron chi connectivity index (χ2n) is 11.4. The molecule has 0 unspecified atom stereocenters. The maximum Gasteiger partial charge on any atom is 0.230 e. The normalized spacial score (nSPS) is 16.7. The number of carbonyl (C=O) groups excluding carboxylic acids is 1. The first-order chi connectivity index (χ1) is 19.3. The molecule has 5 rings (SSSR count). The summed E-state index contributed by atoms with van der Waals surface area (Å²) >= 11 is 6.49. The van der Waals surface area contributed by atoms with Crippen LogP contribution in [0.15, 0.2) is 36.7 Å². The van der Waals surface area contributed by atoms with Crippen LogP contribution >= 0.6 is 11.6 Å². The van der Waals surface area contributed by atoms with Gasteiger partial charge in [0.1, 0.15) is 17.9 Å². The molecule has 9 heteroatoms. The lowest BCUT2D eigenvalue weighted by molar-refractivity contribution is -0.139. The molecule has 214 valence electrons. The van der Waals surface area contributed by atoms with Crippen LogP contribution in [0.1, 0.15) is 45.1 Å². The van der Waals surface area contributed by atoms with E-state index in [0.29, 0.717) is 69.8 Å². The summed E-state index contributed by atoms with van der Waals surface area (Å²) in [5.41, 5.74) is 1.93. The van der Waals surface area contributed by atoms with Gasteiger partial charge in [0.05, 0.1) is 37.8 Å². The van der Waals surface area contributed by atoms with Gasteiger partial charge in [-0.3, -0.25) is 4.79 Å². The van der Waals surface area contributed by atoms with Crippen LogP contribution in [-0.2, 0) is 16.0 Å². The summed E-state index contributed by atoms with van der Waals surface area (Å²) in [6.07, 6.45) is 5.69. The van der Waals surface area contributed by atoms with Gasteiger partial charge in [-0.05, 0) is 62.0 Å². The minimum atomic E-state index is 0.168. The summed E-state index contributed by atoms with van der Waals surface area (Å²) in [7, 11) is 1.62. The molecule has 2 aliphatic heterocycles. The van der Waals surface area contributed by atoms with Crippen molar-refractivity contribution in [3.8, 4) is 23.1 Å². The Bertz CT molecular complexity index is 1330. The average Bonchev–Trinajstić information content (AvgIpc) is 2.91. The van der Waals surface area contributed by atoms with Crippen LogP contribution in [-0.4, -0.2) is 67.2 Å². The highest BCUT2D eigenvalue weighted by Gasteiger charge is 2.40. The maximum absolute atomic E-state index is 12.2. The van der Waals surface area contributed by atoms with E-state index in [9.17, 15) is 4.79 Å². The lowest BCUT2D eigenvalue weighted by Gasteiger charge is -2.47. The molecule has 2 aromatic carbocycles. The Hall–Kier alpha value is -2.94. The molecular formula is C31H38ClN3O5. The van der Waals surface area contributed by atoms with Crippen LogP contribution in [0.3, 0.4) is 0 Å². The molecule has 0 saturated carbocycles. The zero-order valence-corrected chi connectivity index (χ0v) is 24.3. The Balaban J connectivity index is 1.21. The lowest BCUT2D eigenvalue weighted by Crippen LogP contribution is -2.51. The molecule has 0 N–H and O–H groups in total. The number of hydrogen-bond donors (Lipinski definition) is 0. The number of fused-ring (bicyclic) bond motifs is 1. The van der Waals surface area contributed by atoms with E-state index < -0.39 is 0 Å². The Kier molecular flexibility index (Phi) is 9.08. The van der Waals surface area contributed by atoms with E-state index in [2.05, 4.69) is 14.9 Å². The molecule has 2 fully saturated rings. The fraction of sp³-hybridized carbons (Fsp3) is 0.516. The molecule has 2 aliphatic rings. The van der Waals surface area contributed by atoms with Gasteiger partial charge in [0, 0.05) is 35.9 Å². The number of rotatable bonds is 12. The number of ether oxygens (including phenoxy) is 4. The van der Waals surface area contributed by atoms with Crippen LogP contribution in [0.4, 0.5) is 0 Å². The van der Waals surface area contributed by atoms with Crippen molar-refractivity contribution in [2.45, 2.75) is 46.0 Å². The number of nitrogens with zero attached hydrogens (tertiary/aromatic N) is 3. The number of ketones is 1. The Morgan fingerprint density at radius 2 is 1.93 bits per heavy atom. The third-order valence-electron chi connectivity index (χ3n) is 7.76. The van der Waals surface area contributed by atoms with Gasteiger partial charge in [0.15, 0.2) is 11.5 Å². The van der Waals surface area contributed by atoms with Crippen molar-refractivity contribution in [1.29, 1.82) is 0 Å². The van der Waals surface area contributed by atoms with Gasteiger partial charge in [-0.25, -0.2) is 9.97 Å². The van der Waals surface area contributed by atoms with Crippen molar-refractivity contribution in [2.75, 3.05) is 46.6 Å². The number of methoxy groups -OCH3 is 1. The van der Waals surface area contributed by atoms with Crippen molar-refractivity contribution in [3.63, 3.8) is 0 Å². The highest BCUT2D eigenvalue weighted by atomic mass is 35.5. The van der Waals surface area contributed by atoms with E-state index in [4.69, 9.17) is 30.5 Å². The van der Waals surface area contributed by atoms with Gasteiger partial charge < -0.3 is 23.8 Å². The van der Waals surface area contributed by atoms with E-state index in [0.717, 1.165) is 44.8 Å². The van der Waals surface area contributed by atoms with Crippen molar-refractivity contribution in [2.24, 2.45) is 11.3 Å². The predicted octanol–water partition coefficient (Wildman–Crippen LogP) is 6.12. The maximum atomic E-state index is 12.2. The van der Waals surface area contributed by atoms with E-state index in [1.807, 2.05) is 32.0 Å². The van der Waals surface area contributed by atoms with Crippen LogP contribution in [0.25, 0.3) is 10.9 Å². The lowest BCUT2D eigenvalue weighted by atomic mass is 9.77. The van der Waals surface area contributed by atoms with Gasteiger partial charge in [-0.15, -0.1) is 0 Å². The zero-order valence-electron chi connectivity index (χ0n) is 23.6. The van der Waals surface area contributed by atoms with E-state index in [1.54, 1.807) is 19.2 Å². The number of piperidine rings is 1. The van der Waals surface area contributed by atoms with Crippen molar-refractivity contribution in [1.82, 2.24) is 14.9 Å². The summed E-state index contributed by atoms with van der Waals surface area (Å²) < 4.78 is 23.3. The number of halogens is 1. The predicted molar refractivity (Wildman–Crippen MR) is 155 cm³/mol. The Labute approximate surface area is 240 Å². The molecule has 40 heavy (non-hydrogen) atoms. The number of Topliss-reactive ketones (excluding diaryl/α,β-unsaturated/α-hetero) is 1. The zero-order chi connectivity index (χ0) is 28.1. The summed E-state index contributed by atoms with van der Waals surface area (Å²) in [4.78, 5) is 23.5. The summed E-state index contributed by atoms with van der Waals surface area (Å²) in [5, 5.41) is 1.18. The van der Waals surface area contributed by atoms with Crippen molar-refractivity contribution < 1.29 is 23.7 Å². The van der Waals surface area contributed by atoms with E-state index in [-0.39, 0.29) is 5.78 Å². The summed E-state index contributed by atoms with van der Waals surface area (Å²) in [6, 6.07) is 9.04. The second kappa shape index (κ2) is 12.7. The fourth-order valence-corrected chi connectivity index (χ4v) is 5.62. The molecule has 0 radical (unpaired) electrons.